The van der Waals surface area contributed by atoms with Gasteiger partial charge in [0.25, 0.3) is 5.69 Å². The third kappa shape index (κ3) is 4.90. The van der Waals surface area contributed by atoms with Crippen molar-refractivity contribution in [1.82, 2.24) is 19.8 Å². The van der Waals surface area contributed by atoms with Crippen LogP contribution in [0.1, 0.15) is 40.3 Å². The lowest BCUT2D eigenvalue weighted by atomic mass is 9.96. The summed E-state index contributed by atoms with van der Waals surface area (Å²) in [7, 11) is 3.14. The number of aryl methyl sites for hydroxylation is 1. The highest BCUT2D eigenvalue weighted by molar-refractivity contribution is 7.80. The summed E-state index contributed by atoms with van der Waals surface area (Å²) in [5.74, 6) is 1.22. The zero-order chi connectivity index (χ0) is 27.7. The predicted octanol–water partition coefficient (Wildman–Crippen LogP) is 5.59. The maximum atomic E-state index is 12.0. The van der Waals surface area contributed by atoms with Crippen LogP contribution in [0.5, 0.6) is 11.5 Å². The summed E-state index contributed by atoms with van der Waals surface area (Å²) in [5.41, 5.74) is 5.16. The predicted molar refractivity (Wildman–Crippen MR) is 152 cm³/mol. The van der Waals surface area contributed by atoms with Crippen LogP contribution in [0.25, 0.3) is 5.69 Å². The Balaban J connectivity index is 1.63. The molecule has 0 aliphatic carbocycles. The van der Waals surface area contributed by atoms with Crippen LogP contribution in [-0.2, 0) is 6.54 Å². The van der Waals surface area contributed by atoms with Gasteiger partial charge in [-0.25, -0.2) is 0 Å². The molecule has 1 saturated heterocycles. The van der Waals surface area contributed by atoms with Crippen LogP contribution < -0.4 is 14.8 Å². The van der Waals surface area contributed by atoms with Gasteiger partial charge < -0.3 is 24.3 Å². The van der Waals surface area contributed by atoms with Gasteiger partial charge in [-0.3, -0.25) is 15.1 Å². The van der Waals surface area contributed by atoms with E-state index in [0.717, 1.165) is 34.0 Å². The summed E-state index contributed by atoms with van der Waals surface area (Å²) in [6, 6.07) is 20.3. The van der Waals surface area contributed by atoms with Crippen molar-refractivity contribution in [3.63, 3.8) is 0 Å². The van der Waals surface area contributed by atoms with E-state index in [4.69, 9.17) is 21.7 Å². The lowest BCUT2D eigenvalue weighted by Gasteiger charge is -2.28. The van der Waals surface area contributed by atoms with E-state index in [2.05, 4.69) is 21.3 Å². The Hall–Kier alpha value is -4.44. The maximum Gasteiger partial charge on any atom is 0.296 e. The quantitative estimate of drug-likeness (QED) is 0.175. The van der Waals surface area contributed by atoms with Crippen LogP contribution in [0.15, 0.2) is 72.9 Å². The summed E-state index contributed by atoms with van der Waals surface area (Å²) in [4.78, 5) is 18.4. The molecule has 0 bridgehead atoms. The number of nitrogens with one attached hydrogen (secondary N) is 1. The molecular weight excluding hydrogens is 514 g/mol. The average molecular weight is 544 g/mol. The Morgan fingerprint density at radius 3 is 2.38 bits per heavy atom. The van der Waals surface area contributed by atoms with Crippen molar-refractivity contribution < 1.29 is 14.4 Å². The molecule has 2 aromatic carbocycles. The van der Waals surface area contributed by atoms with Crippen molar-refractivity contribution in [3.8, 4) is 17.2 Å². The highest BCUT2D eigenvalue weighted by Crippen LogP contribution is 2.43. The minimum Gasteiger partial charge on any atom is -0.497 e. The van der Waals surface area contributed by atoms with Gasteiger partial charge in [-0.05, 0) is 79.7 Å². The van der Waals surface area contributed by atoms with E-state index in [1.54, 1.807) is 25.4 Å². The second-order valence-electron chi connectivity index (χ2n) is 9.38. The first-order valence-corrected chi connectivity index (χ1v) is 12.9. The molecular formula is C29H29N5O4S. The Labute approximate surface area is 232 Å². The van der Waals surface area contributed by atoms with Gasteiger partial charge in [0.1, 0.15) is 17.2 Å². The maximum absolute atomic E-state index is 12.0. The molecule has 4 aromatic rings. The van der Waals surface area contributed by atoms with Crippen molar-refractivity contribution in [2.75, 3.05) is 14.2 Å². The Morgan fingerprint density at radius 1 is 1.03 bits per heavy atom. The van der Waals surface area contributed by atoms with Crippen molar-refractivity contribution in [3.05, 3.63) is 111 Å². The van der Waals surface area contributed by atoms with Crippen LogP contribution in [0.4, 0.5) is 5.69 Å². The normalized spacial score (nSPS) is 16.7. The van der Waals surface area contributed by atoms with Crippen LogP contribution in [0.2, 0.25) is 0 Å². The standard InChI is InChI=1S/C29H29N5O4S/c1-18-15-23(19(2)33(18)25-13-12-22(38-4)16-26(25)34(35)36)28-27(24-7-5-6-14-30-24)31-29(39)32(28)17-20-8-10-21(37-3)11-9-20/h5-16,27-28H,17H2,1-4H3,(H,31,39)/t27-,28+/m1/s1. The number of ether oxygens (including phenoxy) is 2. The number of hydrogen-bond donors (Lipinski definition) is 1. The molecule has 200 valence electrons. The molecule has 1 aliphatic heterocycles. The number of nitrogens with zero attached hydrogens (tertiary/aromatic N) is 4. The molecule has 9 nitrogen and oxygen atoms in total. The fourth-order valence-electron chi connectivity index (χ4n) is 5.27. The topological polar surface area (TPSA) is 94.7 Å². The molecule has 0 amide bonds. The number of benzene rings is 2. The molecule has 10 heteroatoms. The van der Waals surface area contributed by atoms with E-state index in [1.165, 1.54) is 13.2 Å². The van der Waals surface area contributed by atoms with Crippen LogP contribution in [0.3, 0.4) is 0 Å². The van der Waals surface area contributed by atoms with Gasteiger partial charge in [0.2, 0.25) is 0 Å². The summed E-state index contributed by atoms with van der Waals surface area (Å²) in [5, 5.41) is 16.1. The van der Waals surface area contributed by atoms with Gasteiger partial charge in [-0.1, -0.05) is 18.2 Å². The number of nitro groups is 1. The van der Waals surface area contributed by atoms with Crippen LogP contribution in [0, 0.1) is 24.0 Å². The van der Waals surface area contributed by atoms with Crippen molar-refractivity contribution in [1.29, 1.82) is 0 Å². The Bertz CT molecular complexity index is 1520. The Kier molecular flexibility index (Phi) is 7.21. The molecule has 3 heterocycles. The highest BCUT2D eigenvalue weighted by atomic mass is 32.1. The fourth-order valence-corrected chi connectivity index (χ4v) is 5.57. The van der Waals surface area contributed by atoms with E-state index in [0.29, 0.717) is 23.1 Å². The first-order chi connectivity index (χ1) is 18.8. The zero-order valence-corrected chi connectivity index (χ0v) is 22.9. The van der Waals surface area contributed by atoms with Gasteiger partial charge >= 0.3 is 0 Å². The molecule has 0 spiro atoms. The number of methoxy groups -OCH3 is 2. The Morgan fingerprint density at radius 2 is 1.74 bits per heavy atom. The minimum absolute atomic E-state index is 0.0286. The number of aromatic nitrogens is 2. The summed E-state index contributed by atoms with van der Waals surface area (Å²) in [6.45, 7) is 4.50. The van der Waals surface area contributed by atoms with Gasteiger partial charge in [-0.2, -0.15) is 0 Å². The lowest BCUT2D eigenvalue weighted by molar-refractivity contribution is -0.384. The van der Waals surface area contributed by atoms with E-state index >= 15 is 0 Å². The number of thiocarbonyl (C=S) groups is 1. The number of rotatable bonds is 8. The van der Waals surface area contributed by atoms with Crippen LogP contribution in [-0.4, -0.2) is 38.7 Å². The molecule has 0 radical (unpaired) electrons. The summed E-state index contributed by atoms with van der Waals surface area (Å²) >= 11 is 5.85. The molecule has 0 saturated carbocycles. The van der Waals surface area contributed by atoms with Gasteiger partial charge in [0.05, 0.1) is 43.0 Å². The van der Waals surface area contributed by atoms with Crippen molar-refractivity contribution >= 4 is 23.0 Å². The number of pyridine rings is 1. The van der Waals surface area contributed by atoms with E-state index in [9.17, 15) is 10.1 Å². The molecule has 1 N–H and O–H groups in total. The molecule has 5 rings (SSSR count). The molecule has 2 atom stereocenters. The summed E-state index contributed by atoms with van der Waals surface area (Å²) < 4.78 is 12.5. The number of nitro benzene ring substituents is 1. The SMILES string of the molecule is COc1ccc(CN2C(=S)N[C@H](c3ccccn3)[C@@H]2c2cc(C)n(-c3ccc(OC)cc3[N+](=O)[O-])c2C)cc1. The fraction of sp³-hybridized carbons (Fsp3) is 0.241. The van der Waals surface area contributed by atoms with E-state index < -0.39 is 0 Å². The van der Waals surface area contributed by atoms with Gasteiger partial charge in [0, 0.05) is 24.1 Å². The highest BCUT2D eigenvalue weighted by Gasteiger charge is 2.41. The largest absolute Gasteiger partial charge is 0.497 e. The molecule has 1 fully saturated rings. The van der Waals surface area contributed by atoms with Gasteiger partial charge in [0.15, 0.2) is 5.11 Å². The molecule has 39 heavy (non-hydrogen) atoms. The van der Waals surface area contributed by atoms with Crippen LogP contribution >= 0.6 is 12.2 Å². The monoisotopic (exact) mass is 543 g/mol. The molecule has 2 aromatic heterocycles. The lowest BCUT2D eigenvalue weighted by Crippen LogP contribution is -2.29. The smallest absolute Gasteiger partial charge is 0.296 e. The third-order valence-corrected chi connectivity index (χ3v) is 7.47. The molecule has 0 unspecified atom stereocenters. The first-order valence-electron chi connectivity index (χ1n) is 12.4. The average Bonchev–Trinajstić information content (AvgIpc) is 3.43. The minimum atomic E-state index is -0.380. The second-order valence-corrected chi connectivity index (χ2v) is 9.76. The van der Waals surface area contributed by atoms with Crippen molar-refractivity contribution in [2.24, 2.45) is 0 Å². The summed E-state index contributed by atoms with van der Waals surface area (Å²) in [6.07, 6.45) is 1.77. The number of hydrogen-bond acceptors (Lipinski definition) is 6. The van der Waals surface area contributed by atoms with Crippen molar-refractivity contribution in [2.45, 2.75) is 32.5 Å². The third-order valence-electron chi connectivity index (χ3n) is 7.12. The second kappa shape index (κ2) is 10.7. The van der Waals surface area contributed by atoms with E-state index in [-0.39, 0.29) is 22.7 Å². The van der Waals surface area contributed by atoms with E-state index in [1.807, 2.05) is 60.9 Å². The zero-order valence-electron chi connectivity index (χ0n) is 22.1. The first kappa shape index (κ1) is 26.2. The molecule has 1 aliphatic rings. The van der Waals surface area contributed by atoms with Gasteiger partial charge in [-0.15, -0.1) is 0 Å².